The zero-order valence-electron chi connectivity index (χ0n) is 10.7. The molecule has 1 heterocycles. The molecule has 0 aromatic carbocycles. The van der Waals surface area contributed by atoms with Crippen LogP contribution in [-0.4, -0.2) is 23.7 Å². The van der Waals surface area contributed by atoms with E-state index in [1.54, 1.807) is 0 Å². The summed E-state index contributed by atoms with van der Waals surface area (Å²) in [6.07, 6.45) is 10.7. The number of carbonyl (C=O) groups is 1. The minimum atomic E-state index is -0.631. The van der Waals surface area contributed by atoms with Crippen LogP contribution >= 0.6 is 0 Å². The van der Waals surface area contributed by atoms with Gasteiger partial charge < -0.3 is 10.4 Å². The molecule has 2 N–H and O–H groups in total. The molecule has 0 aromatic rings. The fourth-order valence-electron chi connectivity index (χ4n) is 3.53. The largest absolute Gasteiger partial charge is 0.481 e. The SMILES string of the molecule is O=C(O)CC1CCNC(CC2CCCCC2)C1. The Morgan fingerprint density at radius 3 is 2.59 bits per heavy atom. The van der Waals surface area contributed by atoms with Crippen LogP contribution in [-0.2, 0) is 4.79 Å². The van der Waals surface area contributed by atoms with Crippen LogP contribution in [0.2, 0.25) is 0 Å². The van der Waals surface area contributed by atoms with E-state index in [1.165, 1.54) is 38.5 Å². The summed E-state index contributed by atoms with van der Waals surface area (Å²) < 4.78 is 0. The highest BCUT2D eigenvalue weighted by Gasteiger charge is 2.26. The van der Waals surface area contributed by atoms with Crippen LogP contribution in [0.5, 0.6) is 0 Å². The molecule has 3 heteroatoms. The zero-order chi connectivity index (χ0) is 12.1. The fraction of sp³-hybridized carbons (Fsp3) is 0.929. The molecule has 1 saturated heterocycles. The minimum Gasteiger partial charge on any atom is -0.481 e. The number of carboxylic acid groups (broad SMARTS) is 1. The summed E-state index contributed by atoms with van der Waals surface area (Å²) in [6, 6.07) is 0.580. The Hall–Kier alpha value is -0.570. The van der Waals surface area contributed by atoms with Crippen LogP contribution < -0.4 is 5.32 Å². The number of aliphatic carboxylic acids is 1. The number of carboxylic acids is 1. The summed E-state index contributed by atoms with van der Waals surface area (Å²) in [5.41, 5.74) is 0. The monoisotopic (exact) mass is 239 g/mol. The first-order valence-corrected chi connectivity index (χ1v) is 7.19. The van der Waals surface area contributed by atoms with Gasteiger partial charge in [-0.15, -0.1) is 0 Å². The molecule has 0 radical (unpaired) electrons. The molecule has 0 spiro atoms. The number of piperidine rings is 1. The van der Waals surface area contributed by atoms with E-state index in [0.717, 1.165) is 25.3 Å². The van der Waals surface area contributed by atoms with Gasteiger partial charge in [-0.25, -0.2) is 0 Å². The maximum atomic E-state index is 10.7. The van der Waals surface area contributed by atoms with E-state index in [4.69, 9.17) is 5.11 Å². The van der Waals surface area contributed by atoms with Gasteiger partial charge in [-0.1, -0.05) is 32.1 Å². The Labute approximate surface area is 104 Å². The molecule has 98 valence electrons. The van der Waals surface area contributed by atoms with Gasteiger partial charge in [0.05, 0.1) is 0 Å². The van der Waals surface area contributed by atoms with Crippen LogP contribution in [0.15, 0.2) is 0 Å². The summed E-state index contributed by atoms with van der Waals surface area (Å²) in [5, 5.41) is 12.4. The molecule has 0 aromatic heterocycles. The van der Waals surface area contributed by atoms with Crippen LogP contribution in [0.25, 0.3) is 0 Å². The Morgan fingerprint density at radius 2 is 1.88 bits per heavy atom. The third-order valence-electron chi connectivity index (χ3n) is 4.41. The highest BCUT2D eigenvalue weighted by Crippen LogP contribution is 2.30. The predicted octanol–water partition coefficient (Wildman–Crippen LogP) is 2.80. The Morgan fingerprint density at radius 1 is 1.12 bits per heavy atom. The van der Waals surface area contributed by atoms with Crippen molar-refractivity contribution in [1.82, 2.24) is 5.32 Å². The molecule has 3 nitrogen and oxygen atoms in total. The highest BCUT2D eigenvalue weighted by molar-refractivity contribution is 5.67. The lowest BCUT2D eigenvalue weighted by atomic mass is 9.80. The molecule has 2 unspecified atom stereocenters. The molecular weight excluding hydrogens is 214 g/mol. The van der Waals surface area contributed by atoms with Gasteiger partial charge in [0.15, 0.2) is 0 Å². The lowest BCUT2D eigenvalue weighted by molar-refractivity contribution is -0.138. The second kappa shape index (κ2) is 6.39. The lowest BCUT2D eigenvalue weighted by Gasteiger charge is -2.33. The van der Waals surface area contributed by atoms with Gasteiger partial charge in [-0.05, 0) is 37.6 Å². The van der Waals surface area contributed by atoms with Crippen molar-refractivity contribution in [1.29, 1.82) is 0 Å². The maximum absolute atomic E-state index is 10.7. The van der Waals surface area contributed by atoms with Crippen LogP contribution in [0.4, 0.5) is 0 Å². The fourth-order valence-corrected chi connectivity index (χ4v) is 3.53. The summed E-state index contributed by atoms with van der Waals surface area (Å²) in [7, 11) is 0. The maximum Gasteiger partial charge on any atom is 0.303 e. The predicted molar refractivity (Wildman–Crippen MR) is 68.0 cm³/mol. The zero-order valence-corrected chi connectivity index (χ0v) is 10.7. The molecule has 1 aliphatic carbocycles. The van der Waals surface area contributed by atoms with Gasteiger partial charge >= 0.3 is 5.97 Å². The number of hydrogen-bond acceptors (Lipinski definition) is 2. The molecule has 17 heavy (non-hydrogen) atoms. The van der Waals surface area contributed by atoms with E-state index in [1.807, 2.05) is 0 Å². The molecule has 2 aliphatic rings. The summed E-state index contributed by atoms with van der Waals surface area (Å²) in [6.45, 7) is 1.01. The van der Waals surface area contributed by atoms with Crippen LogP contribution in [0.3, 0.4) is 0 Å². The van der Waals surface area contributed by atoms with E-state index in [9.17, 15) is 4.79 Å². The van der Waals surface area contributed by atoms with Crippen molar-refractivity contribution in [3.8, 4) is 0 Å². The van der Waals surface area contributed by atoms with Gasteiger partial charge in [0.2, 0.25) is 0 Å². The summed E-state index contributed by atoms with van der Waals surface area (Å²) in [5.74, 6) is 0.667. The Kier molecular flexibility index (Phi) is 4.84. The molecule has 0 bridgehead atoms. The van der Waals surface area contributed by atoms with Crippen LogP contribution in [0.1, 0.15) is 57.8 Å². The molecule has 1 aliphatic heterocycles. The van der Waals surface area contributed by atoms with Gasteiger partial charge in [0, 0.05) is 12.5 Å². The Bertz CT molecular complexity index is 249. The first kappa shape index (κ1) is 12.9. The third-order valence-corrected chi connectivity index (χ3v) is 4.41. The quantitative estimate of drug-likeness (QED) is 0.793. The van der Waals surface area contributed by atoms with Crippen LogP contribution in [0, 0.1) is 11.8 Å². The van der Waals surface area contributed by atoms with Gasteiger partial charge in [0.25, 0.3) is 0 Å². The van der Waals surface area contributed by atoms with E-state index < -0.39 is 5.97 Å². The van der Waals surface area contributed by atoms with Crippen molar-refractivity contribution in [3.05, 3.63) is 0 Å². The van der Waals surface area contributed by atoms with Crippen molar-refractivity contribution in [3.63, 3.8) is 0 Å². The number of rotatable bonds is 4. The van der Waals surface area contributed by atoms with E-state index in [2.05, 4.69) is 5.32 Å². The Balaban J connectivity index is 1.74. The smallest absolute Gasteiger partial charge is 0.303 e. The number of nitrogens with one attached hydrogen (secondary N) is 1. The highest BCUT2D eigenvalue weighted by atomic mass is 16.4. The average molecular weight is 239 g/mol. The summed E-state index contributed by atoms with van der Waals surface area (Å²) >= 11 is 0. The molecule has 2 atom stereocenters. The first-order valence-electron chi connectivity index (χ1n) is 7.19. The van der Waals surface area contributed by atoms with Crippen molar-refractivity contribution in [2.45, 2.75) is 63.8 Å². The summed E-state index contributed by atoms with van der Waals surface area (Å²) in [4.78, 5) is 10.7. The normalized spacial score (nSPS) is 31.3. The van der Waals surface area contributed by atoms with E-state index in [-0.39, 0.29) is 0 Å². The van der Waals surface area contributed by atoms with Crippen molar-refractivity contribution in [2.75, 3.05) is 6.54 Å². The topological polar surface area (TPSA) is 49.3 Å². The molecular formula is C14H25NO2. The second-order valence-electron chi connectivity index (χ2n) is 5.88. The van der Waals surface area contributed by atoms with Gasteiger partial charge in [-0.2, -0.15) is 0 Å². The first-order chi connectivity index (χ1) is 8.24. The molecule has 2 fully saturated rings. The standard InChI is InChI=1S/C14H25NO2/c16-14(17)10-12-6-7-15-13(9-12)8-11-4-2-1-3-5-11/h11-13,15H,1-10H2,(H,16,17). The third kappa shape index (κ3) is 4.30. The van der Waals surface area contributed by atoms with Crippen molar-refractivity contribution < 1.29 is 9.90 Å². The van der Waals surface area contributed by atoms with Gasteiger partial charge in [-0.3, -0.25) is 4.79 Å². The second-order valence-corrected chi connectivity index (χ2v) is 5.88. The van der Waals surface area contributed by atoms with E-state index in [0.29, 0.717) is 18.4 Å². The van der Waals surface area contributed by atoms with Crippen molar-refractivity contribution in [2.24, 2.45) is 11.8 Å². The molecule has 0 amide bonds. The lowest BCUT2D eigenvalue weighted by Crippen LogP contribution is -2.40. The van der Waals surface area contributed by atoms with Gasteiger partial charge in [0.1, 0.15) is 0 Å². The van der Waals surface area contributed by atoms with E-state index >= 15 is 0 Å². The molecule has 1 saturated carbocycles. The molecule has 2 rings (SSSR count). The number of hydrogen-bond donors (Lipinski definition) is 2. The van der Waals surface area contributed by atoms with Crippen molar-refractivity contribution >= 4 is 5.97 Å². The minimum absolute atomic E-state index is 0.364. The average Bonchev–Trinajstić information content (AvgIpc) is 2.30.